The summed E-state index contributed by atoms with van der Waals surface area (Å²) >= 11 is 3.34. The van der Waals surface area contributed by atoms with Crippen molar-refractivity contribution < 1.29 is 26.6 Å². The minimum Gasteiger partial charge on any atom is -0.287 e. The molecule has 0 aromatic rings. The van der Waals surface area contributed by atoms with E-state index in [4.69, 9.17) is 13.6 Å². The van der Waals surface area contributed by atoms with E-state index in [-0.39, 0.29) is 26.3 Å². The zero-order chi connectivity index (χ0) is 17.9. The highest BCUT2D eigenvalue weighted by molar-refractivity contribution is 9.11. The molecule has 0 saturated heterocycles. The number of sulfonamides is 1. The Balaban J connectivity index is 2.99. The van der Waals surface area contributed by atoms with Crippen molar-refractivity contribution in [3.05, 3.63) is 10.6 Å². The number of phosphoric ester groups is 1. The van der Waals surface area contributed by atoms with Crippen LogP contribution in [0.5, 0.6) is 0 Å². The molecule has 1 aliphatic rings. The first kappa shape index (κ1) is 21.3. The van der Waals surface area contributed by atoms with Gasteiger partial charge in [-0.2, -0.15) is 4.31 Å². The third-order valence-electron chi connectivity index (χ3n) is 3.11. The topological polar surface area (TPSA) is 82.1 Å². The van der Waals surface area contributed by atoms with Gasteiger partial charge < -0.3 is 0 Å². The van der Waals surface area contributed by atoms with Gasteiger partial charge in [0.05, 0.1) is 18.0 Å². The van der Waals surface area contributed by atoms with Crippen LogP contribution in [0.3, 0.4) is 0 Å². The van der Waals surface area contributed by atoms with Crippen molar-refractivity contribution in [2.75, 3.05) is 26.3 Å². The molecule has 136 valence electrons. The molecule has 1 heterocycles. The third-order valence-corrected chi connectivity index (χ3v) is 8.13. The molecule has 10 heteroatoms. The molecule has 0 amide bonds. The number of hydrogen-bond acceptors (Lipinski definition) is 6. The fourth-order valence-electron chi connectivity index (χ4n) is 1.90. The molecule has 0 aliphatic carbocycles. The fraction of sp³-hybridized carbons (Fsp3) is 0.846. The van der Waals surface area contributed by atoms with Crippen LogP contribution < -0.4 is 0 Å². The number of hydrogen-bond donors (Lipinski definition) is 0. The quantitative estimate of drug-likeness (QED) is 0.572. The van der Waals surface area contributed by atoms with Gasteiger partial charge >= 0.3 is 7.82 Å². The second-order valence-electron chi connectivity index (χ2n) is 5.90. The van der Waals surface area contributed by atoms with Crippen LogP contribution >= 0.6 is 23.8 Å². The smallest absolute Gasteiger partial charge is 0.287 e. The first-order chi connectivity index (χ1) is 10.5. The Morgan fingerprint density at radius 2 is 1.83 bits per heavy atom. The van der Waals surface area contributed by atoms with Crippen molar-refractivity contribution >= 4 is 33.8 Å². The maximum Gasteiger partial charge on any atom is 0.475 e. The van der Waals surface area contributed by atoms with E-state index < -0.39 is 28.7 Å². The lowest BCUT2D eigenvalue weighted by Gasteiger charge is -2.35. The summed E-state index contributed by atoms with van der Waals surface area (Å²) in [5.74, 6) is 0. The summed E-state index contributed by atoms with van der Waals surface area (Å²) in [6.07, 6.45) is 0.935. The molecule has 0 spiro atoms. The highest BCUT2D eigenvalue weighted by Crippen LogP contribution is 2.52. The van der Waals surface area contributed by atoms with Gasteiger partial charge in [-0.1, -0.05) is 22.0 Å². The van der Waals surface area contributed by atoms with Crippen molar-refractivity contribution in [3.8, 4) is 0 Å². The zero-order valence-corrected chi connectivity index (χ0v) is 17.4. The van der Waals surface area contributed by atoms with E-state index >= 15 is 0 Å². The summed E-state index contributed by atoms with van der Waals surface area (Å²) < 4.78 is 54.3. The molecule has 23 heavy (non-hydrogen) atoms. The molecule has 0 aromatic heterocycles. The maximum atomic E-state index is 12.6. The lowest BCUT2D eigenvalue weighted by Crippen LogP contribution is -2.48. The van der Waals surface area contributed by atoms with Gasteiger partial charge in [-0.05, 0) is 34.6 Å². The Labute approximate surface area is 147 Å². The largest absolute Gasteiger partial charge is 0.475 e. The molecular weight excluding hydrogens is 409 g/mol. The second kappa shape index (κ2) is 8.08. The van der Waals surface area contributed by atoms with Crippen molar-refractivity contribution in [3.63, 3.8) is 0 Å². The van der Waals surface area contributed by atoms with E-state index in [1.54, 1.807) is 40.7 Å². The molecule has 1 rings (SSSR count). The highest BCUT2D eigenvalue weighted by atomic mass is 79.9. The van der Waals surface area contributed by atoms with Gasteiger partial charge in [0.15, 0.2) is 0 Å². The summed E-state index contributed by atoms with van der Waals surface area (Å²) in [7, 11) is -7.26. The minimum absolute atomic E-state index is 0.0425. The Bertz CT molecular complexity index is 576. The van der Waals surface area contributed by atoms with E-state index in [9.17, 15) is 13.0 Å². The van der Waals surface area contributed by atoms with Gasteiger partial charge in [-0.15, -0.1) is 0 Å². The van der Waals surface area contributed by atoms with Crippen LogP contribution in [0.1, 0.15) is 34.6 Å². The fourth-order valence-corrected chi connectivity index (χ4v) is 5.13. The zero-order valence-electron chi connectivity index (χ0n) is 14.1. The normalized spacial score (nSPS) is 21.3. The Kier molecular flexibility index (Phi) is 7.48. The summed E-state index contributed by atoms with van der Waals surface area (Å²) in [5.41, 5.74) is 0. The van der Waals surface area contributed by atoms with E-state index in [1.165, 1.54) is 4.31 Å². The lowest BCUT2D eigenvalue weighted by atomic mass is 10.2. The average molecular weight is 434 g/mol. The molecule has 0 saturated carbocycles. The molecule has 0 bridgehead atoms. The standard InChI is InChI=1S/C13H25BrNO6PS/c1-6-19-22(16,20-7-2)21-12-10-15(9-8-11(12)14)23(17,18)13(3,4)5/h8,12H,6-7,9-10H2,1-5H3/t12-/m0/s1. The predicted molar refractivity (Wildman–Crippen MR) is 93.0 cm³/mol. The minimum atomic E-state index is -3.74. The van der Waals surface area contributed by atoms with Gasteiger partial charge in [-0.3, -0.25) is 13.6 Å². The van der Waals surface area contributed by atoms with Crippen LogP contribution in [0.4, 0.5) is 0 Å². The number of phosphoric acid groups is 1. The molecule has 1 aliphatic heterocycles. The Morgan fingerprint density at radius 3 is 2.26 bits per heavy atom. The van der Waals surface area contributed by atoms with Crippen LogP contribution in [-0.4, -0.2) is 49.9 Å². The summed E-state index contributed by atoms with van der Waals surface area (Å²) in [5, 5.41) is 0. The molecule has 0 fully saturated rings. The maximum absolute atomic E-state index is 12.6. The van der Waals surface area contributed by atoms with Crippen LogP contribution in [-0.2, 0) is 28.2 Å². The average Bonchev–Trinajstić information content (AvgIpc) is 2.40. The van der Waals surface area contributed by atoms with Crippen molar-refractivity contribution in [2.24, 2.45) is 0 Å². The van der Waals surface area contributed by atoms with Gasteiger partial charge in [-0.25, -0.2) is 13.0 Å². The first-order valence-corrected chi connectivity index (χ1v) is 11.1. The lowest BCUT2D eigenvalue weighted by molar-refractivity contribution is 0.0898. The van der Waals surface area contributed by atoms with Gasteiger partial charge in [0.2, 0.25) is 10.0 Å². The third kappa shape index (κ3) is 5.36. The van der Waals surface area contributed by atoms with Crippen LogP contribution in [0.2, 0.25) is 0 Å². The van der Waals surface area contributed by atoms with Crippen LogP contribution in [0.15, 0.2) is 10.6 Å². The number of halogens is 1. The van der Waals surface area contributed by atoms with Gasteiger partial charge in [0, 0.05) is 17.6 Å². The van der Waals surface area contributed by atoms with Crippen molar-refractivity contribution in [1.29, 1.82) is 0 Å². The van der Waals surface area contributed by atoms with E-state index in [2.05, 4.69) is 15.9 Å². The molecule has 1 atom stereocenters. The van der Waals surface area contributed by atoms with Gasteiger partial charge in [0.1, 0.15) is 6.10 Å². The monoisotopic (exact) mass is 433 g/mol. The first-order valence-electron chi connectivity index (χ1n) is 7.39. The second-order valence-corrected chi connectivity index (χ2v) is 11.1. The summed E-state index contributed by atoms with van der Waals surface area (Å²) in [6.45, 7) is 8.86. The van der Waals surface area contributed by atoms with Crippen molar-refractivity contribution in [2.45, 2.75) is 45.5 Å². The Hall–Kier alpha value is 0.240. The molecular formula is C13H25BrNO6PS. The highest BCUT2D eigenvalue weighted by Gasteiger charge is 2.40. The summed E-state index contributed by atoms with van der Waals surface area (Å²) in [4.78, 5) is 0. The Morgan fingerprint density at radius 1 is 1.30 bits per heavy atom. The van der Waals surface area contributed by atoms with Gasteiger partial charge in [0.25, 0.3) is 0 Å². The van der Waals surface area contributed by atoms with Crippen LogP contribution in [0, 0.1) is 0 Å². The van der Waals surface area contributed by atoms with E-state index in [0.717, 1.165) is 0 Å². The van der Waals surface area contributed by atoms with Crippen LogP contribution in [0.25, 0.3) is 0 Å². The molecule has 0 aromatic carbocycles. The SMILES string of the molecule is CCOP(=O)(OCC)O[C@H]1CN(S(=O)(=O)C(C)(C)C)CC=C1Br. The number of rotatable bonds is 7. The predicted octanol–water partition coefficient (Wildman–Crippen LogP) is 3.28. The molecule has 0 N–H and O–H groups in total. The van der Waals surface area contributed by atoms with Crippen molar-refractivity contribution in [1.82, 2.24) is 4.31 Å². The molecule has 7 nitrogen and oxygen atoms in total. The van der Waals surface area contributed by atoms with E-state index in [1.807, 2.05) is 0 Å². The molecule has 0 radical (unpaired) electrons. The summed E-state index contributed by atoms with van der Waals surface area (Å²) in [6, 6.07) is 0. The molecule has 0 unspecified atom stereocenters. The van der Waals surface area contributed by atoms with E-state index in [0.29, 0.717) is 4.48 Å². The number of nitrogens with zero attached hydrogens (tertiary/aromatic N) is 1.